The van der Waals surface area contributed by atoms with E-state index >= 15 is 0 Å². The van der Waals surface area contributed by atoms with Crippen LogP contribution in [0.4, 0.5) is 0 Å². The van der Waals surface area contributed by atoms with E-state index in [1.54, 1.807) is 18.4 Å². The molecule has 0 saturated carbocycles. The van der Waals surface area contributed by atoms with Crippen LogP contribution in [0.25, 0.3) is 0 Å². The summed E-state index contributed by atoms with van der Waals surface area (Å²) in [6, 6.07) is 12.4. The number of halogens is 1. The molecule has 1 amide bonds. The van der Waals surface area contributed by atoms with Crippen molar-refractivity contribution in [2.75, 3.05) is 33.3 Å². The summed E-state index contributed by atoms with van der Waals surface area (Å²) in [4.78, 5) is 20.1. The fourth-order valence-electron chi connectivity index (χ4n) is 3.49. The van der Waals surface area contributed by atoms with E-state index in [1.807, 2.05) is 23.1 Å². The number of fused-ring (bicyclic) bond motifs is 1. The monoisotopic (exact) mass is 556 g/mol. The van der Waals surface area contributed by atoms with Gasteiger partial charge in [0, 0.05) is 51.1 Å². The number of aliphatic imine (C=N–C) groups is 1. The largest absolute Gasteiger partial charge is 0.374 e. The first-order valence-corrected chi connectivity index (χ1v) is 11.5. The van der Waals surface area contributed by atoms with Gasteiger partial charge in [0.2, 0.25) is 5.91 Å². The molecule has 1 aliphatic heterocycles. The van der Waals surface area contributed by atoms with Crippen LogP contribution in [-0.2, 0) is 22.5 Å². The first-order chi connectivity index (χ1) is 14.7. The summed E-state index contributed by atoms with van der Waals surface area (Å²) in [5, 5.41) is 8.63. The number of hydrogen-bond donors (Lipinski definition) is 2. The molecule has 0 bridgehead atoms. The van der Waals surface area contributed by atoms with Gasteiger partial charge in [-0.1, -0.05) is 30.3 Å². The standard InChI is InChI=1S/C23H32N4O2S.HI/c1-18(19-7-4-3-5-8-19)29-15-6-12-25-23(24-2)26-13-9-22(28)27-14-10-21-20(17-27)11-16-30-21;/h3-5,7-8,11,16,18H,6,9-10,12-15,17H2,1-2H3,(H2,24,25,26);1H. The van der Waals surface area contributed by atoms with Crippen LogP contribution in [0.3, 0.4) is 0 Å². The van der Waals surface area contributed by atoms with E-state index in [0.717, 1.165) is 38.4 Å². The number of rotatable bonds is 9. The number of guanidine groups is 1. The number of amides is 1. The summed E-state index contributed by atoms with van der Waals surface area (Å²) >= 11 is 1.79. The number of nitrogens with one attached hydrogen (secondary N) is 2. The highest BCUT2D eigenvalue weighted by atomic mass is 127. The molecule has 0 fully saturated rings. The van der Waals surface area contributed by atoms with Crippen molar-refractivity contribution in [2.45, 2.75) is 38.8 Å². The molecule has 0 saturated heterocycles. The van der Waals surface area contributed by atoms with Crippen molar-refractivity contribution in [3.63, 3.8) is 0 Å². The molecule has 2 aromatic rings. The lowest BCUT2D eigenvalue weighted by Crippen LogP contribution is -2.41. The minimum atomic E-state index is 0. The summed E-state index contributed by atoms with van der Waals surface area (Å²) in [5.74, 6) is 0.913. The van der Waals surface area contributed by atoms with E-state index in [0.29, 0.717) is 19.6 Å². The maximum Gasteiger partial charge on any atom is 0.224 e. The molecule has 2 heterocycles. The van der Waals surface area contributed by atoms with Crippen molar-refractivity contribution in [3.8, 4) is 0 Å². The minimum Gasteiger partial charge on any atom is -0.374 e. The van der Waals surface area contributed by atoms with Gasteiger partial charge >= 0.3 is 0 Å². The van der Waals surface area contributed by atoms with Gasteiger partial charge in [0.1, 0.15) is 0 Å². The predicted molar refractivity (Wildman–Crippen MR) is 138 cm³/mol. The molecule has 1 unspecified atom stereocenters. The Kier molecular flexibility index (Phi) is 11.3. The van der Waals surface area contributed by atoms with E-state index in [2.05, 4.69) is 46.1 Å². The summed E-state index contributed by atoms with van der Waals surface area (Å²) in [7, 11) is 1.74. The highest BCUT2D eigenvalue weighted by Crippen LogP contribution is 2.24. The molecule has 1 aromatic heterocycles. The van der Waals surface area contributed by atoms with E-state index < -0.39 is 0 Å². The van der Waals surface area contributed by atoms with Gasteiger partial charge in [0.25, 0.3) is 0 Å². The molecule has 2 N–H and O–H groups in total. The molecule has 0 spiro atoms. The zero-order valence-electron chi connectivity index (χ0n) is 18.3. The van der Waals surface area contributed by atoms with Gasteiger partial charge in [-0.2, -0.15) is 0 Å². The van der Waals surface area contributed by atoms with E-state index in [-0.39, 0.29) is 36.0 Å². The summed E-state index contributed by atoms with van der Waals surface area (Å²) in [6.45, 7) is 5.65. The number of thiophene rings is 1. The lowest BCUT2D eigenvalue weighted by atomic mass is 10.1. The molecule has 3 rings (SSSR count). The zero-order chi connectivity index (χ0) is 21.2. The highest BCUT2D eigenvalue weighted by Gasteiger charge is 2.21. The second-order valence-corrected chi connectivity index (χ2v) is 8.39. The Bertz CT molecular complexity index is 828. The maximum absolute atomic E-state index is 12.5. The van der Waals surface area contributed by atoms with Crippen LogP contribution in [-0.4, -0.2) is 50.1 Å². The Hall–Kier alpha value is -1.65. The van der Waals surface area contributed by atoms with Crippen molar-refractivity contribution >= 4 is 47.2 Å². The Balaban J connectivity index is 0.00000341. The fraction of sp³-hybridized carbons (Fsp3) is 0.478. The Morgan fingerprint density at radius 1 is 1.23 bits per heavy atom. The third kappa shape index (κ3) is 8.08. The second-order valence-electron chi connectivity index (χ2n) is 7.39. The summed E-state index contributed by atoms with van der Waals surface area (Å²) in [6.07, 6.45) is 2.42. The molecular formula is C23H33IN4O2S. The third-order valence-corrected chi connectivity index (χ3v) is 6.29. The molecular weight excluding hydrogens is 523 g/mol. The molecule has 0 aliphatic carbocycles. The van der Waals surface area contributed by atoms with E-state index in [9.17, 15) is 4.79 Å². The van der Waals surface area contributed by atoms with Crippen molar-refractivity contribution in [1.82, 2.24) is 15.5 Å². The lowest BCUT2D eigenvalue weighted by molar-refractivity contribution is -0.131. The number of carbonyl (C=O) groups is 1. The molecule has 170 valence electrons. The molecule has 1 aromatic carbocycles. The maximum atomic E-state index is 12.5. The molecule has 31 heavy (non-hydrogen) atoms. The normalized spacial score (nSPS) is 14.4. The van der Waals surface area contributed by atoms with Gasteiger partial charge in [0.15, 0.2) is 5.96 Å². The van der Waals surface area contributed by atoms with Crippen LogP contribution in [0.2, 0.25) is 0 Å². The van der Waals surface area contributed by atoms with E-state index in [4.69, 9.17) is 4.74 Å². The zero-order valence-corrected chi connectivity index (χ0v) is 21.4. The topological polar surface area (TPSA) is 66.0 Å². The first-order valence-electron chi connectivity index (χ1n) is 10.6. The first kappa shape index (κ1) is 25.6. The van der Waals surface area contributed by atoms with Crippen LogP contribution in [0, 0.1) is 0 Å². The van der Waals surface area contributed by atoms with Crippen molar-refractivity contribution in [2.24, 2.45) is 4.99 Å². The molecule has 8 heteroatoms. The Labute approximate surface area is 206 Å². The quantitative estimate of drug-likeness (QED) is 0.212. The Morgan fingerprint density at radius 3 is 2.77 bits per heavy atom. The molecule has 1 aliphatic rings. The van der Waals surface area contributed by atoms with Crippen molar-refractivity contribution in [1.29, 1.82) is 0 Å². The minimum absolute atomic E-state index is 0. The number of hydrogen-bond acceptors (Lipinski definition) is 4. The van der Waals surface area contributed by atoms with Gasteiger partial charge in [-0.3, -0.25) is 9.79 Å². The van der Waals surface area contributed by atoms with Gasteiger partial charge < -0.3 is 20.3 Å². The Morgan fingerprint density at radius 2 is 2.00 bits per heavy atom. The fourth-order valence-corrected chi connectivity index (χ4v) is 4.38. The van der Waals surface area contributed by atoms with Crippen molar-refractivity contribution in [3.05, 3.63) is 57.8 Å². The van der Waals surface area contributed by atoms with Gasteiger partial charge in [-0.25, -0.2) is 0 Å². The predicted octanol–water partition coefficient (Wildman–Crippen LogP) is 3.97. The third-order valence-electron chi connectivity index (χ3n) is 5.27. The SMILES string of the molecule is CN=C(NCCCOC(C)c1ccccc1)NCCC(=O)N1CCc2sccc2C1.I. The van der Waals surface area contributed by atoms with Crippen LogP contribution in [0.5, 0.6) is 0 Å². The number of benzene rings is 1. The van der Waals surface area contributed by atoms with Gasteiger partial charge in [-0.15, -0.1) is 35.3 Å². The van der Waals surface area contributed by atoms with Crippen LogP contribution < -0.4 is 10.6 Å². The number of ether oxygens (including phenoxy) is 1. The average molecular weight is 557 g/mol. The molecule has 0 radical (unpaired) electrons. The summed E-state index contributed by atoms with van der Waals surface area (Å²) < 4.78 is 5.89. The second kappa shape index (κ2) is 13.7. The van der Waals surface area contributed by atoms with Crippen LogP contribution >= 0.6 is 35.3 Å². The summed E-state index contributed by atoms with van der Waals surface area (Å²) in [5.41, 5.74) is 2.49. The number of carbonyl (C=O) groups excluding carboxylic acids is 1. The van der Waals surface area contributed by atoms with Crippen LogP contribution in [0.1, 0.15) is 41.9 Å². The van der Waals surface area contributed by atoms with Gasteiger partial charge in [-0.05, 0) is 42.3 Å². The highest BCUT2D eigenvalue weighted by molar-refractivity contribution is 14.0. The smallest absolute Gasteiger partial charge is 0.224 e. The molecule has 6 nitrogen and oxygen atoms in total. The average Bonchev–Trinajstić information content (AvgIpc) is 3.26. The number of nitrogens with zero attached hydrogens (tertiary/aromatic N) is 2. The van der Waals surface area contributed by atoms with Gasteiger partial charge in [0.05, 0.1) is 6.10 Å². The van der Waals surface area contributed by atoms with E-state index in [1.165, 1.54) is 16.0 Å². The van der Waals surface area contributed by atoms with Crippen LogP contribution in [0.15, 0.2) is 46.8 Å². The molecule has 1 atom stereocenters. The van der Waals surface area contributed by atoms with Crippen molar-refractivity contribution < 1.29 is 9.53 Å². The lowest BCUT2D eigenvalue weighted by Gasteiger charge is -2.27.